The first-order valence-electron chi connectivity index (χ1n) is 5.41. The Bertz CT molecular complexity index is 692. The number of aromatic nitrogens is 1. The molecule has 0 unspecified atom stereocenters. The number of hydrogen-bond acceptors (Lipinski definition) is 3. The number of aromatic carboxylic acids is 1. The van der Waals surface area contributed by atoms with E-state index >= 15 is 0 Å². The van der Waals surface area contributed by atoms with Crippen LogP contribution in [-0.2, 0) is 0 Å². The number of carbonyl (C=O) groups is 1. The molecule has 0 aliphatic heterocycles. The zero-order chi connectivity index (χ0) is 14.9. The van der Waals surface area contributed by atoms with Gasteiger partial charge in [0.15, 0.2) is 11.6 Å². The van der Waals surface area contributed by atoms with Crippen LogP contribution >= 0.6 is 15.9 Å². The first-order valence-corrected chi connectivity index (χ1v) is 6.20. The Morgan fingerprint density at radius 3 is 2.75 bits per heavy atom. The second-order valence-electron chi connectivity index (χ2n) is 3.91. The van der Waals surface area contributed by atoms with Crippen molar-refractivity contribution in [3.63, 3.8) is 0 Å². The number of rotatable bonds is 3. The van der Waals surface area contributed by atoms with Crippen molar-refractivity contribution in [3.05, 3.63) is 51.6 Å². The third-order valence-corrected chi connectivity index (χ3v) is 2.96. The Hall–Kier alpha value is -2.02. The number of carboxylic acid groups (broad SMARTS) is 1. The van der Waals surface area contributed by atoms with Crippen molar-refractivity contribution in [2.75, 3.05) is 0 Å². The summed E-state index contributed by atoms with van der Waals surface area (Å²) in [6.45, 7) is 1.55. The van der Waals surface area contributed by atoms with E-state index in [4.69, 9.17) is 9.84 Å². The molecule has 2 rings (SSSR count). The molecule has 20 heavy (non-hydrogen) atoms. The van der Waals surface area contributed by atoms with Crippen LogP contribution in [0.1, 0.15) is 15.9 Å². The highest BCUT2D eigenvalue weighted by Gasteiger charge is 2.19. The number of carboxylic acids is 1. The number of halogens is 3. The van der Waals surface area contributed by atoms with Gasteiger partial charge < -0.3 is 9.84 Å². The molecule has 1 heterocycles. The maximum absolute atomic E-state index is 13.6. The summed E-state index contributed by atoms with van der Waals surface area (Å²) in [6.07, 6.45) is 1.32. The van der Waals surface area contributed by atoms with Crippen LogP contribution in [-0.4, -0.2) is 16.1 Å². The van der Waals surface area contributed by atoms with E-state index in [0.29, 0.717) is 5.56 Å². The van der Waals surface area contributed by atoms with Crippen molar-refractivity contribution in [2.45, 2.75) is 6.92 Å². The summed E-state index contributed by atoms with van der Waals surface area (Å²) in [7, 11) is 0. The smallest absolute Gasteiger partial charge is 0.341 e. The van der Waals surface area contributed by atoms with Crippen LogP contribution in [0.4, 0.5) is 8.78 Å². The molecule has 104 valence electrons. The Balaban J connectivity index is 2.51. The van der Waals surface area contributed by atoms with Crippen molar-refractivity contribution < 1.29 is 23.4 Å². The minimum absolute atomic E-state index is 0.202. The molecule has 1 aromatic heterocycles. The average molecular weight is 344 g/mol. The predicted octanol–water partition coefficient (Wildman–Crippen LogP) is 3.92. The third kappa shape index (κ3) is 2.77. The lowest BCUT2D eigenvalue weighted by molar-refractivity contribution is 0.0692. The van der Waals surface area contributed by atoms with Crippen LogP contribution in [0.5, 0.6) is 11.6 Å². The van der Waals surface area contributed by atoms with Crippen LogP contribution in [0.3, 0.4) is 0 Å². The monoisotopic (exact) mass is 343 g/mol. The molecule has 0 aliphatic rings. The molecule has 1 N–H and O–H groups in total. The topological polar surface area (TPSA) is 59.4 Å². The fraction of sp³-hybridized carbons (Fsp3) is 0.0769. The van der Waals surface area contributed by atoms with Crippen molar-refractivity contribution >= 4 is 21.9 Å². The summed E-state index contributed by atoms with van der Waals surface area (Å²) in [4.78, 5) is 14.9. The summed E-state index contributed by atoms with van der Waals surface area (Å²) >= 11 is 3.00. The number of hydrogen-bond donors (Lipinski definition) is 1. The minimum Gasteiger partial charge on any atom is -0.477 e. The number of pyridine rings is 1. The second-order valence-corrected chi connectivity index (χ2v) is 4.83. The van der Waals surface area contributed by atoms with Gasteiger partial charge in [-0.25, -0.2) is 14.2 Å². The van der Waals surface area contributed by atoms with Crippen LogP contribution in [0.2, 0.25) is 0 Å². The minimum atomic E-state index is -1.26. The number of ether oxygens (including phenoxy) is 1. The SMILES string of the molecule is Cc1ccnc(Oc2cc(Br)cc(F)c2F)c1C(=O)O. The lowest BCUT2D eigenvalue weighted by Gasteiger charge is -2.10. The summed E-state index contributed by atoms with van der Waals surface area (Å²) < 4.78 is 32.2. The van der Waals surface area contributed by atoms with Crippen LogP contribution in [0.15, 0.2) is 28.9 Å². The fourth-order valence-corrected chi connectivity index (χ4v) is 1.99. The molecule has 1 aromatic carbocycles. The molecule has 0 fully saturated rings. The summed E-state index contributed by atoms with van der Waals surface area (Å²) in [5.41, 5.74) is 0.200. The van der Waals surface area contributed by atoms with E-state index in [1.54, 1.807) is 6.92 Å². The van der Waals surface area contributed by atoms with Gasteiger partial charge in [0.2, 0.25) is 11.7 Å². The lowest BCUT2D eigenvalue weighted by atomic mass is 10.1. The maximum Gasteiger partial charge on any atom is 0.341 e. The molecule has 0 spiro atoms. The highest BCUT2D eigenvalue weighted by molar-refractivity contribution is 9.10. The lowest BCUT2D eigenvalue weighted by Crippen LogP contribution is -2.05. The van der Waals surface area contributed by atoms with Crippen LogP contribution in [0, 0.1) is 18.6 Å². The normalized spacial score (nSPS) is 10.4. The zero-order valence-corrected chi connectivity index (χ0v) is 11.7. The van der Waals surface area contributed by atoms with Gasteiger partial charge in [-0.1, -0.05) is 15.9 Å². The highest BCUT2D eigenvalue weighted by Crippen LogP contribution is 2.31. The van der Waals surface area contributed by atoms with Crippen molar-refractivity contribution in [1.82, 2.24) is 4.98 Å². The van der Waals surface area contributed by atoms with Crippen LogP contribution in [0.25, 0.3) is 0 Å². The standard InChI is InChI=1S/C13H8BrF2NO3/c1-6-2-3-17-12(10(6)13(18)19)20-9-5-7(14)4-8(15)11(9)16/h2-5H,1H3,(H,18,19). The number of nitrogens with zero attached hydrogens (tertiary/aromatic N) is 1. The molecule has 0 aliphatic carbocycles. The Kier molecular flexibility index (Phi) is 3.99. The van der Waals surface area contributed by atoms with Crippen LogP contribution < -0.4 is 4.74 Å². The molecular formula is C13H8BrF2NO3. The molecule has 0 atom stereocenters. The van der Waals surface area contributed by atoms with Crippen molar-refractivity contribution in [3.8, 4) is 11.6 Å². The van der Waals surface area contributed by atoms with Gasteiger partial charge in [0.05, 0.1) is 0 Å². The van der Waals surface area contributed by atoms with E-state index in [-0.39, 0.29) is 15.9 Å². The van der Waals surface area contributed by atoms with Gasteiger partial charge in [0.25, 0.3) is 0 Å². The number of aryl methyl sites for hydroxylation is 1. The number of benzene rings is 1. The largest absolute Gasteiger partial charge is 0.477 e. The van der Waals surface area contributed by atoms with Crippen molar-refractivity contribution in [2.24, 2.45) is 0 Å². The summed E-state index contributed by atoms with van der Waals surface area (Å²) in [5.74, 6) is -4.33. The molecule has 0 amide bonds. The second kappa shape index (κ2) is 5.54. The molecule has 0 bridgehead atoms. The van der Waals surface area contributed by atoms with Gasteiger partial charge in [0.1, 0.15) is 5.56 Å². The average Bonchev–Trinajstić information content (AvgIpc) is 2.35. The third-order valence-electron chi connectivity index (χ3n) is 2.50. The summed E-state index contributed by atoms with van der Waals surface area (Å²) in [5, 5.41) is 9.11. The van der Waals surface area contributed by atoms with Gasteiger partial charge in [-0.2, -0.15) is 4.39 Å². The van der Waals surface area contributed by atoms with E-state index in [1.165, 1.54) is 18.3 Å². The molecule has 0 saturated heterocycles. The highest BCUT2D eigenvalue weighted by atomic mass is 79.9. The van der Waals surface area contributed by atoms with E-state index in [1.807, 2.05) is 0 Å². The van der Waals surface area contributed by atoms with E-state index in [9.17, 15) is 13.6 Å². The van der Waals surface area contributed by atoms with Gasteiger partial charge >= 0.3 is 5.97 Å². The summed E-state index contributed by atoms with van der Waals surface area (Å²) in [6, 6.07) is 3.60. The van der Waals surface area contributed by atoms with Gasteiger partial charge in [0, 0.05) is 10.7 Å². The van der Waals surface area contributed by atoms with E-state index < -0.39 is 23.4 Å². The Labute approximate surface area is 121 Å². The Morgan fingerprint density at radius 1 is 1.40 bits per heavy atom. The molecule has 0 saturated carbocycles. The van der Waals surface area contributed by atoms with E-state index in [0.717, 1.165) is 6.07 Å². The van der Waals surface area contributed by atoms with Gasteiger partial charge in [-0.05, 0) is 30.7 Å². The molecule has 0 radical (unpaired) electrons. The fourth-order valence-electron chi connectivity index (χ4n) is 1.58. The first-order chi connectivity index (χ1) is 9.40. The molecule has 7 heteroatoms. The van der Waals surface area contributed by atoms with Gasteiger partial charge in [-0.3, -0.25) is 0 Å². The zero-order valence-electron chi connectivity index (χ0n) is 10.2. The molecular weight excluding hydrogens is 336 g/mol. The van der Waals surface area contributed by atoms with E-state index in [2.05, 4.69) is 20.9 Å². The first kappa shape index (κ1) is 14.4. The Morgan fingerprint density at radius 2 is 2.10 bits per heavy atom. The molecule has 2 aromatic rings. The quantitative estimate of drug-likeness (QED) is 0.858. The molecule has 4 nitrogen and oxygen atoms in total. The maximum atomic E-state index is 13.6. The van der Waals surface area contributed by atoms with Gasteiger partial charge in [-0.15, -0.1) is 0 Å². The predicted molar refractivity (Wildman–Crippen MR) is 70.1 cm³/mol. The van der Waals surface area contributed by atoms with Crippen molar-refractivity contribution in [1.29, 1.82) is 0 Å².